The minimum absolute atomic E-state index is 0.0476. The highest BCUT2D eigenvalue weighted by molar-refractivity contribution is 6.35. The number of carbonyl (C=O) groups is 2. The highest BCUT2D eigenvalue weighted by Crippen LogP contribution is 2.42. The van der Waals surface area contributed by atoms with Crippen LogP contribution < -0.4 is 10.1 Å². The molecule has 6 nitrogen and oxygen atoms in total. The topological polar surface area (TPSA) is 99.4 Å². The smallest absolute Gasteiger partial charge is 0.305 e. The standard InChI is InChI=1S/C28H25Cl3N2O4/c1-2-3-23(17-4-6-19(7-5-17)28(36)33-13-12-25(34)35)27(18-8-10-21(29)11-9-18)37-24-15-22(30)14-20(16-32)26(24)31/h4-11,14-15,23,27H,2-3,12-13H2,1H3,(H,33,36)(H,34,35)/t23-,27+/m1/s1. The molecule has 0 spiro atoms. The van der Waals surface area contributed by atoms with Gasteiger partial charge < -0.3 is 15.2 Å². The molecule has 2 atom stereocenters. The monoisotopic (exact) mass is 558 g/mol. The van der Waals surface area contributed by atoms with Gasteiger partial charge in [0, 0.05) is 34.1 Å². The molecule has 0 unspecified atom stereocenters. The quantitative estimate of drug-likeness (QED) is 0.254. The fourth-order valence-corrected chi connectivity index (χ4v) is 4.50. The van der Waals surface area contributed by atoms with E-state index in [2.05, 4.69) is 12.2 Å². The minimum Gasteiger partial charge on any atom is -0.483 e. The molecule has 0 aliphatic rings. The van der Waals surface area contributed by atoms with E-state index in [0.29, 0.717) is 21.4 Å². The van der Waals surface area contributed by atoms with Gasteiger partial charge in [-0.3, -0.25) is 9.59 Å². The predicted molar refractivity (Wildman–Crippen MR) is 145 cm³/mol. The second-order valence-electron chi connectivity index (χ2n) is 8.38. The summed E-state index contributed by atoms with van der Waals surface area (Å²) in [6, 6.07) is 19.5. The van der Waals surface area contributed by atoms with E-state index in [4.69, 9.17) is 44.6 Å². The maximum absolute atomic E-state index is 12.4. The van der Waals surface area contributed by atoms with E-state index in [9.17, 15) is 14.9 Å². The number of nitriles is 1. The molecule has 0 fully saturated rings. The van der Waals surface area contributed by atoms with Gasteiger partial charge >= 0.3 is 5.97 Å². The Kier molecular flexibility index (Phi) is 10.2. The van der Waals surface area contributed by atoms with Crippen LogP contribution in [0, 0.1) is 11.3 Å². The number of rotatable bonds is 11. The van der Waals surface area contributed by atoms with Crippen molar-refractivity contribution in [3.8, 4) is 11.8 Å². The fraction of sp³-hybridized carbons (Fsp3) is 0.250. The summed E-state index contributed by atoms with van der Waals surface area (Å²) < 4.78 is 6.47. The van der Waals surface area contributed by atoms with Crippen LogP contribution in [0.3, 0.4) is 0 Å². The SMILES string of the molecule is CCC[C@H](c1ccc(C(=O)NCCC(=O)O)cc1)[C@@H](Oc1cc(Cl)cc(C#N)c1Cl)c1ccc(Cl)cc1. The van der Waals surface area contributed by atoms with Crippen molar-refractivity contribution in [1.29, 1.82) is 5.26 Å². The average molecular weight is 560 g/mol. The number of carboxylic acid groups (broad SMARTS) is 1. The summed E-state index contributed by atoms with van der Waals surface area (Å²) in [5.74, 6) is -1.18. The predicted octanol–water partition coefficient (Wildman–Crippen LogP) is 7.43. The number of amides is 1. The Morgan fingerprint density at radius 1 is 1.00 bits per heavy atom. The summed E-state index contributed by atoms with van der Waals surface area (Å²) in [7, 11) is 0. The van der Waals surface area contributed by atoms with Gasteiger partial charge in [-0.25, -0.2) is 0 Å². The third-order valence-electron chi connectivity index (χ3n) is 5.77. The molecule has 0 heterocycles. The summed E-state index contributed by atoms with van der Waals surface area (Å²) in [6.07, 6.45) is 0.945. The van der Waals surface area contributed by atoms with Crippen LogP contribution in [0.4, 0.5) is 0 Å². The molecule has 3 aromatic rings. The lowest BCUT2D eigenvalue weighted by Crippen LogP contribution is -2.26. The molecule has 3 aromatic carbocycles. The Morgan fingerprint density at radius 3 is 2.24 bits per heavy atom. The molecule has 3 rings (SSSR count). The molecule has 9 heteroatoms. The van der Waals surface area contributed by atoms with Crippen LogP contribution >= 0.6 is 34.8 Å². The molecule has 0 aliphatic carbocycles. The number of hydrogen-bond acceptors (Lipinski definition) is 4. The number of carbonyl (C=O) groups excluding carboxylic acids is 1. The second-order valence-corrected chi connectivity index (χ2v) is 9.63. The van der Waals surface area contributed by atoms with Gasteiger partial charge in [0.2, 0.25) is 0 Å². The lowest BCUT2D eigenvalue weighted by atomic mass is 9.85. The first-order valence-electron chi connectivity index (χ1n) is 11.6. The van der Waals surface area contributed by atoms with Gasteiger partial charge in [-0.2, -0.15) is 5.26 Å². The van der Waals surface area contributed by atoms with E-state index >= 15 is 0 Å². The fourth-order valence-electron chi connectivity index (χ4n) is 3.97. The molecule has 0 bridgehead atoms. The first kappa shape index (κ1) is 28.3. The molecule has 0 saturated heterocycles. The van der Waals surface area contributed by atoms with Crippen molar-refractivity contribution in [1.82, 2.24) is 5.32 Å². The van der Waals surface area contributed by atoms with Gasteiger partial charge in [0.1, 0.15) is 22.9 Å². The summed E-state index contributed by atoms with van der Waals surface area (Å²) in [5, 5.41) is 21.9. The summed E-state index contributed by atoms with van der Waals surface area (Å²) in [6.45, 7) is 2.11. The van der Waals surface area contributed by atoms with Gasteiger partial charge in [0.05, 0.1) is 12.0 Å². The summed E-state index contributed by atoms with van der Waals surface area (Å²) in [5.41, 5.74) is 2.42. The van der Waals surface area contributed by atoms with Crippen LogP contribution in [0.15, 0.2) is 60.7 Å². The van der Waals surface area contributed by atoms with Crippen molar-refractivity contribution >= 4 is 46.7 Å². The zero-order chi connectivity index (χ0) is 26.9. The van der Waals surface area contributed by atoms with Gasteiger partial charge in [-0.05, 0) is 47.9 Å². The Bertz CT molecular complexity index is 1290. The molecule has 1 amide bonds. The molecule has 0 saturated carbocycles. The number of carboxylic acids is 1. The Morgan fingerprint density at radius 2 is 1.65 bits per heavy atom. The number of nitrogens with one attached hydrogen (secondary N) is 1. The van der Waals surface area contributed by atoms with Gasteiger partial charge in [0.25, 0.3) is 5.91 Å². The zero-order valence-electron chi connectivity index (χ0n) is 20.0. The Balaban J connectivity index is 1.97. The third-order valence-corrected chi connectivity index (χ3v) is 6.63. The highest BCUT2D eigenvalue weighted by Gasteiger charge is 2.28. The number of halogens is 3. The van der Waals surface area contributed by atoms with Crippen LogP contribution in [0.5, 0.6) is 5.75 Å². The van der Waals surface area contributed by atoms with Crippen molar-refractivity contribution in [2.75, 3.05) is 6.54 Å². The largest absolute Gasteiger partial charge is 0.483 e. The average Bonchev–Trinajstić information content (AvgIpc) is 2.88. The van der Waals surface area contributed by atoms with Gasteiger partial charge in [0.15, 0.2) is 0 Å². The number of nitrogens with zero attached hydrogens (tertiary/aromatic N) is 1. The normalized spacial score (nSPS) is 12.3. The Labute approximate surface area is 230 Å². The molecule has 2 N–H and O–H groups in total. The van der Waals surface area contributed by atoms with Crippen LogP contribution in [-0.2, 0) is 4.79 Å². The second kappa shape index (κ2) is 13.3. The first-order valence-corrected chi connectivity index (χ1v) is 12.8. The summed E-state index contributed by atoms with van der Waals surface area (Å²) in [4.78, 5) is 23.1. The van der Waals surface area contributed by atoms with Crippen LogP contribution in [0.2, 0.25) is 15.1 Å². The van der Waals surface area contributed by atoms with Crippen molar-refractivity contribution < 1.29 is 19.4 Å². The first-order chi connectivity index (χ1) is 17.7. The van der Waals surface area contributed by atoms with Crippen molar-refractivity contribution in [3.05, 3.63) is 98.0 Å². The van der Waals surface area contributed by atoms with Crippen molar-refractivity contribution in [2.24, 2.45) is 0 Å². The molecule has 0 aromatic heterocycles. The van der Waals surface area contributed by atoms with E-state index in [1.165, 1.54) is 6.07 Å². The Hall–Kier alpha value is -3.24. The maximum atomic E-state index is 12.4. The molecular formula is C28H25Cl3N2O4. The minimum atomic E-state index is -0.979. The van der Waals surface area contributed by atoms with E-state index in [0.717, 1.165) is 24.0 Å². The van der Waals surface area contributed by atoms with Gasteiger partial charge in [-0.15, -0.1) is 0 Å². The number of hydrogen-bond donors (Lipinski definition) is 2. The number of benzene rings is 3. The summed E-state index contributed by atoms with van der Waals surface area (Å²) >= 11 is 18.8. The number of aliphatic carboxylic acids is 1. The van der Waals surface area contributed by atoms with Crippen LogP contribution in [0.25, 0.3) is 0 Å². The lowest BCUT2D eigenvalue weighted by Gasteiger charge is -2.29. The van der Waals surface area contributed by atoms with Crippen LogP contribution in [-0.4, -0.2) is 23.5 Å². The van der Waals surface area contributed by atoms with Crippen molar-refractivity contribution in [3.63, 3.8) is 0 Å². The highest BCUT2D eigenvalue weighted by atomic mass is 35.5. The molecule has 37 heavy (non-hydrogen) atoms. The zero-order valence-corrected chi connectivity index (χ0v) is 22.3. The maximum Gasteiger partial charge on any atom is 0.305 e. The lowest BCUT2D eigenvalue weighted by molar-refractivity contribution is -0.136. The third kappa shape index (κ3) is 7.62. The molecule has 0 aliphatic heterocycles. The van der Waals surface area contributed by atoms with Crippen molar-refractivity contribution in [2.45, 2.75) is 38.2 Å². The van der Waals surface area contributed by atoms with E-state index in [-0.39, 0.29) is 35.4 Å². The van der Waals surface area contributed by atoms with E-state index in [1.54, 1.807) is 30.3 Å². The van der Waals surface area contributed by atoms with E-state index in [1.807, 2.05) is 30.3 Å². The van der Waals surface area contributed by atoms with Crippen LogP contribution in [0.1, 0.15) is 65.3 Å². The number of ether oxygens (including phenoxy) is 1. The molecule has 0 radical (unpaired) electrons. The van der Waals surface area contributed by atoms with E-state index < -0.39 is 12.1 Å². The van der Waals surface area contributed by atoms with Gasteiger partial charge in [-0.1, -0.05) is 72.4 Å². The molecular weight excluding hydrogens is 535 g/mol. The molecule has 192 valence electrons.